The van der Waals surface area contributed by atoms with Gasteiger partial charge in [-0.3, -0.25) is 4.98 Å². The molecule has 0 radical (unpaired) electrons. The molecule has 1 atom stereocenters. The van der Waals surface area contributed by atoms with Gasteiger partial charge in [0.05, 0.1) is 5.75 Å². The number of carbonyl (C=O) groups is 1. The molecule has 0 amide bonds. The number of hydrogen-bond donors (Lipinski definition) is 3. The highest BCUT2D eigenvalue weighted by atomic mass is 32.2. The molecule has 0 saturated heterocycles. The molecule has 0 spiro atoms. The number of sulfonamides is 1. The van der Waals surface area contributed by atoms with Gasteiger partial charge < -0.3 is 10.4 Å². The third kappa shape index (κ3) is 6.24. The van der Waals surface area contributed by atoms with Crippen LogP contribution >= 0.6 is 0 Å². The van der Waals surface area contributed by atoms with Gasteiger partial charge in [-0.1, -0.05) is 30.7 Å². The Labute approximate surface area is 208 Å². The van der Waals surface area contributed by atoms with Crippen molar-refractivity contribution < 1.29 is 31.5 Å². The van der Waals surface area contributed by atoms with E-state index in [0.29, 0.717) is 12.5 Å². The first-order valence-electron chi connectivity index (χ1n) is 12.0. The molecular weight excluding hydrogens is 495 g/mol. The van der Waals surface area contributed by atoms with Crippen molar-refractivity contribution in [2.75, 3.05) is 12.3 Å². The maximum Gasteiger partial charge on any atom is 0.490 e. The number of carboxylic acids is 1. The summed E-state index contributed by atoms with van der Waals surface area (Å²) in [5.41, 5.74) is 4.95. The van der Waals surface area contributed by atoms with Crippen LogP contribution in [0, 0.1) is 5.92 Å². The van der Waals surface area contributed by atoms with Crippen LogP contribution in [0.25, 0.3) is 0 Å². The zero-order valence-electron chi connectivity index (χ0n) is 19.7. The number of alkyl halides is 3. The first-order valence-corrected chi connectivity index (χ1v) is 13.7. The summed E-state index contributed by atoms with van der Waals surface area (Å²) >= 11 is 0. The highest BCUT2D eigenvalue weighted by Crippen LogP contribution is 2.52. The summed E-state index contributed by atoms with van der Waals surface area (Å²) in [6.45, 7) is 1.34. The minimum Gasteiger partial charge on any atom is -0.475 e. The van der Waals surface area contributed by atoms with Gasteiger partial charge in [-0.05, 0) is 73.4 Å². The first-order chi connectivity index (χ1) is 17.0. The average Bonchev–Trinajstić information content (AvgIpc) is 3.61. The smallest absolute Gasteiger partial charge is 0.475 e. The highest BCUT2D eigenvalue weighted by molar-refractivity contribution is 7.89. The van der Waals surface area contributed by atoms with Crippen LogP contribution in [-0.4, -0.2) is 43.0 Å². The third-order valence-electron chi connectivity index (χ3n) is 7.13. The van der Waals surface area contributed by atoms with Gasteiger partial charge in [0.2, 0.25) is 10.0 Å². The van der Waals surface area contributed by atoms with Crippen LogP contribution in [0.2, 0.25) is 0 Å². The second kappa shape index (κ2) is 10.5. The molecule has 2 saturated carbocycles. The normalized spacial score (nSPS) is 20.9. The van der Waals surface area contributed by atoms with E-state index in [1.807, 2.05) is 12.3 Å². The van der Waals surface area contributed by atoms with Crippen molar-refractivity contribution in [1.29, 1.82) is 0 Å². The fourth-order valence-corrected chi connectivity index (χ4v) is 6.42. The molecule has 1 aliphatic heterocycles. The molecule has 3 N–H and O–H groups in total. The number of hydrogen-bond acceptors (Lipinski definition) is 5. The first kappa shape index (κ1) is 26.6. The van der Waals surface area contributed by atoms with E-state index in [2.05, 4.69) is 40.4 Å². The van der Waals surface area contributed by atoms with E-state index >= 15 is 0 Å². The lowest BCUT2D eigenvalue weighted by Gasteiger charge is -2.49. The Morgan fingerprint density at radius 2 is 1.92 bits per heavy atom. The van der Waals surface area contributed by atoms with Crippen molar-refractivity contribution >= 4 is 16.0 Å². The van der Waals surface area contributed by atoms with Crippen molar-refractivity contribution in [2.24, 2.45) is 5.92 Å². The Hall–Kier alpha value is -2.50. The molecule has 11 heteroatoms. The number of halogens is 3. The van der Waals surface area contributed by atoms with Crippen LogP contribution in [0.4, 0.5) is 13.2 Å². The van der Waals surface area contributed by atoms with Gasteiger partial charge in [-0.15, -0.1) is 0 Å². The van der Waals surface area contributed by atoms with Gasteiger partial charge in [0.15, 0.2) is 0 Å². The second-order valence-electron chi connectivity index (χ2n) is 9.74. The van der Waals surface area contributed by atoms with E-state index < -0.39 is 22.2 Å². The molecule has 3 aliphatic rings. The third-order valence-corrected chi connectivity index (χ3v) is 8.62. The molecule has 1 unspecified atom stereocenters. The van der Waals surface area contributed by atoms with Gasteiger partial charge in [-0.25, -0.2) is 17.9 Å². The predicted molar refractivity (Wildman–Crippen MR) is 128 cm³/mol. The number of nitrogens with one attached hydrogen (secondary N) is 2. The monoisotopic (exact) mass is 525 g/mol. The molecule has 2 aliphatic carbocycles. The molecule has 1 aromatic heterocycles. The molecule has 7 nitrogen and oxygen atoms in total. The number of pyridine rings is 1. The van der Waals surface area contributed by atoms with E-state index in [0.717, 1.165) is 44.2 Å². The fourth-order valence-electron chi connectivity index (χ4n) is 4.96. The largest absolute Gasteiger partial charge is 0.490 e. The SMILES string of the molecule is O=C(O)C(F)(F)F.O=S(=O)(CC1CC1)NCc1ccc2c(c1)C(C1(c3ccccn3)CCC1)NCC2. The zero-order valence-corrected chi connectivity index (χ0v) is 20.5. The predicted octanol–water partition coefficient (Wildman–Crippen LogP) is 3.85. The van der Waals surface area contributed by atoms with Gasteiger partial charge in [0.25, 0.3) is 0 Å². The maximum absolute atomic E-state index is 12.3. The lowest BCUT2D eigenvalue weighted by atomic mass is 9.59. The van der Waals surface area contributed by atoms with E-state index in [1.165, 1.54) is 23.2 Å². The summed E-state index contributed by atoms with van der Waals surface area (Å²) in [6, 6.07) is 12.9. The zero-order chi connectivity index (χ0) is 26.0. The molecule has 196 valence electrons. The van der Waals surface area contributed by atoms with E-state index in [-0.39, 0.29) is 17.2 Å². The van der Waals surface area contributed by atoms with Crippen molar-refractivity contribution in [3.05, 3.63) is 65.0 Å². The summed E-state index contributed by atoms with van der Waals surface area (Å²) in [5.74, 6) is -2.13. The summed E-state index contributed by atoms with van der Waals surface area (Å²) in [6.07, 6.45) is 3.41. The highest BCUT2D eigenvalue weighted by Gasteiger charge is 2.48. The van der Waals surface area contributed by atoms with E-state index in [9.17, 15) is 21.6 Å². The van der Waals surface area contributed by atoms with Crippen molar-refractivity contribution in [3.63, 3.8) is 0 Å². The van der Waals surface area contributed by atoms with E-state index in [4.69, 9.17) is 14.9 Å². The van der Waals surface area contributed by atoms with Crippen molar-refractivity contribution in [2.45, 2.75) is 62.7 Å². The fraction of sp³-hybridized carbons (Fsp3) is 0.520. The summed E-state index contributed by atoms with van der Waals surface area (Å²) in [7, 11) is -3.19. The molecule has 36 heavy (non-hydrogen) atoms. The lowest BCUT2D eigenvalue weighted by Crippen LogP contribution is -2.49. The van der Waals surface area contributed by atoms with Crippen LogP contribution in [0.3, 0.4) is 0 Å². The molecule has 1 aromatic carbocycles. The van der Waals surface area contributed by atoms with Crippen LogP contribution in [0.1, 0.15) is 60.5 Å². The minimum absolute atomic E-state index is 0.0422. The number of fused-ring (bicyclic) bond motifs is 1. The van der Waals surface area contributed by atoms with Crippen molar-refractivity contribution in [3.8, 4) is 0 Å². The lowest BCUT2D eigenvalue weighted by molar-refractivity contribution is -0.192. The summed E-state index contributed by atoms with van der Waals surface area (Å²) in [4.78, 5) is 13.6. The van der Waals surface area contributed by atoms with Crippen LogP contribution in [-0.2, 0) is 33.2 Å². The number of aliphatic carboxylic acids is 1. The van der Waals surface area contributed by atoms with Gasteiger partial charge >= 0.3 is 12.1 Å². The quantitative estimate of drug-likeness (QED) is 0.507. The molecule has 0 bridgehead atoms. The summed E-state index contributed by atoms with van der Waals surface area (Å²) < 4.78 is 59.1. The Kier molecular flexibility index (Phi) is 7.72. The van der Waals surface area contributed by atoms with E-state index in [1.54, 1.807) is 0 Å². The van der Waals surface area contributed by atoms with Crippen LogP contribution in [0.15, 0.2) is 42.6 Å². The Morgan fingerprint density at radius 1 is 1.19 bits per heavy atom. The topological polar surface area (TPSA) is 108 Å². The Balaban J connectivity index is 0.000000384. The molecule has 2 aromatic rings. The number of rotatable bonds is 7. The number of benzene rings is 1. The molecule has 5 rings (SSSR count). The molecular formula is C25H30F3N3O4S. The standard InChI is InChI=1S/C23H29N3O2S.C2HF3O2/c27-29(28,16-17-5-6-17)26-15-18-7-8-19-9-13-25-22(20(19)14-18)23(10-3-11-23)21-4-1-2-12-24-21;3-2(4,5)1(6)7/h1-2,4,7-8,12,14,17,22,25-26H,3,5-6,9-11,13,15-16H2;(H,6,7). The second-order valence-corrected chi connectivity index (χ2v) is 11.6. The number of carboxylic acid groups (broad SMARTS) is 1. The minimum atomic E-state index is -5.08. The molecule has 2 fully saturated rings. The van der Waals surface area contributed by atoms with Crippen LogP contribution < -0.4 is 10.0 Å². The molecule has 2 heterocycles. The van der Waals surface area contributed by atoms with Crippen LogP contribution in [0.5, 0.6) is 0 Å². The Bertz CT molecular complexity index is 1180. The number of aromatic nitrogens is 1. The van der Waals surface area contributed by atoms with Gasteiger partial charge in [-0.2, -0.15) is 13.2 Å². The van der Waals surface area contributed by atoms with Gasteiger partial charge in [0, 0.05) is 29.9 Å². The van der Waals surface area contributed by atoms with Gasteiger partial charge in [0.1, 0.15) is 0 Å². The Morgan fingerprint density at radius 3 is 2.47 bits per heavy atom. The number of nitrogens with zero attached hydrogens (tertiary/aromatic N) is 1. The van der Waals surface area contributed by atoms with Crippen molar-refractivity contribution in [1.82, 2.24) is 15.0 Å². The summed E-state index contributed by atoms with van der Waals surface area (Å²) in [5, 5.41) is 10.9. The average molecular weight is 526 g/mol. The maximum atomic E-state index is 12.3.